The minimum absolute atomic E-state index is 0.120. The Morgan fingerprint density at radius 3 is 2.71 bits per heavy atom. The lowest BCUT2D eigenvalue weighted by molar-refractivity contribution is -0.131. The maximum Gasteiger partial charge on any atom is 0.241 e. The van der Waals surface area contributed by atoms with Crippen molar-refractivity contribution in [1.29, 1.82) is 0 Å². The van der Waals surface area contributed by atoms with Crippen molar-refractivity contribution >= 4 is 17.5 Å². The Morgan fingerprint density at radius 1 is 1.17 bits per heavy atom. The lowest BCUT2D eigenvalue weighted by Gasteiger charge is -2.27. The number of nitrogens with zero attached hydrogens (tertiary/aromatic N) is 1. The van der Waals surface area contributed by atoms with Crippen molar-refractivity contribution in [3.8, 4) is 11.5 Å². The number of imide groups is 1. The van der Waals surface area contributed by atoms with E-state index in [4.69, 9.17) is 14.2 Å². The molecule has 124 valence electrons. The topological polar surface area (TPSA) is 85.3 Å². The molecule has 0 saturated carbocycles. The quantitative estimate of drug-likeness (QED) is 0.632. The number of ether oxygens (including phenoxy) is 3. The monoisotopic (exact) mass is 329 g/mol. The van der Waals surface area contributed by atoms with Crippen molar-refractivity contribution in [3.63, 3.8) is 0 Å². The molecule has 4 aliphatic rings. The molecule has 1 aromatic rings. The molecule has 0 aromatic heterocycles. The highest BCUT2D eigenvalue weighted by atomic mass is 16.7. The summed E-state index contributed by atoms with van der Waals surface area (Å²) >= 11 is 0. The van der Waals surface area contributed by atoms with E-state index in [0.29, 0.717) is 17.2 Å². The van der Waals surface area contributed by atoms with E-state index in [0.717, 1.165) is 0 Å². The standard InChI is InChI=1S/C17H15NO6/c1-16-4-5-17(7-19,24-16)13-12(16)14(20)18(15(13)21)9-2-3-10-11(6-9)23-8-22-10/h2-6,12-13,19H,7-8H2,1H3/t12-,13+,16-,17-/m0/s1. The molecule has 4 atom stereocenters. The second kappa shape index (κ2) is 4.17. The molecule has 2 saturated heterocycles. The van der Waals surface area contributed by atoms with Crippen LogP contribution in [0.5, 0.6) is 11.5 Å². The Morgan fingerprint density at radius 2 is 1.92 bits per heavy atom. The zero-order chi connectivity index (χ0) is 16.7. The van der Waals surface area contributed by atoms with Crippen LogP contribution in [-0.2, 0) is 14.3 Å². The van der Waals surface area contributed by atoms with Crippen LogP contribution >= 0.6 is 0 Å². The van der Waals surface area contributed by atoms with Gasteiger partial charge >= 0.3 is 0 Å². The van der Waals surface area contributed by atoms with Crippen LogP contribution in [0.2, 0.25) is 0 Å². The van der Waals surface area contributed by atoms with Gasteiger partial charge in [-0.3, -0.25) is 9.59 Å². The van der Waals surface area contributed by atoms with Gasteiger partial charge in [-0.25, -0.2) is 4.90 Å². The third-order valence-corrected chi connectivity index (χ3v) is 5.42. The molecule has 7 nitrogen and oxygen atoms in total. The number of carbonyl (C=O) groups excluding carboxylic acids is 2. The van der Waals surface area contributed by atoms with Gasteiger partial charge in [0.05, 0.1) is 29.7 Å². The first kappa shape index (κ1) is 14.0. The number of rotatable bonds is 2. The highest BCUT2D eigenvalue weighted by Gasteiger charge is 2.72. The minimum atomic E-state index is -1.11. The van der Waals surface area contributed by atoms with Crippen molar-refractivity contribution in [2.45, 2.75) is 18.1 Å². The Bertz CT molecular complexity index is 819. The fourth-order valence-corrected chi connectivity index (χ4v) is 4.32. The summed E-state index contributed by atoms with van der Waals surface area (Å²) in [5.74, 6) is -0.924. The molecule has 1 aromatic carbocycles. The number of hydrogen-bond donors (Lipinski definition) is 1. The average molecular weight is 329 g/mol. The molecule has 5 rings (SSSR count). The fourth-order valence-electron chi connectivity index (χ4n) is 4.32. The Kier molecular flexibility index (Phi) is 2.43. The number of amides is 2. The summed E-state index contributed by atoms with van der Waals surface area (Å²) in [5, 5.41) is 9.80. The van der Waals surface area contributed by atoms with E-state index < -0.39 is 23.0 Å². The molecule has 7 heteroatoms. The van der Waals surface area contributed by atoms with E-state index in [1.54, 1.807) is 37.3 Å². The molecule has 0 radical (unpaired) electrons. The summed E-state index contributed by atoms with van der Waals surface area (Å²) in [7, 11) is 0. The van der Waals surface area contributed by atoms with E-state index in [9.17, 15) is 14.7 Å². The molecule has 0 unspecified atom stereocenters. The van der Waals surface area contributed by atoms with Crippen LogP contribution in [0.25, 0.3) is 0 Å². The van der Waals surface area contributed by atoms with Crippen LogP contribution in [0, 0.1) is 11.8 Å². The number of hydrogen-bond acceptors (Lipinski definition) is 6. The first-order chi connectivity index (χ1) is 11.5. The third-order valence-electron chi connectivity index (χ3n) is 5.42. The van der Waals surface area contributed by atoms with Crippen molar-refractivity contribution in [2.75, 3.05) is 18.3 Å². The van der Waals surface area contributed by atoms with Crippen LogP contribution in [0.15, 0.2) is 30.4 Å². The summed E-state index contributed by atoms with van der Waals surface area (Å²) in [6.07, 6.45) is 3.49. The lowest BCUT2D eigenvalue weighted by atomic mass is 9.73. The molecule has 24 heavy (non-hydrogen) atoms. The van der Waals surface area contributed by atoms with Crippen LogP contribution in [0.1, 0.15) is 6.92 Å². The smallest absolute Gasteiger partial charge is 0.241 e. The first-order valence-corrected chi connectivity index (χ1v) is 7.78. The van der Waals surface area contributed by atoms with Gasteiger partial charge in [-0.1, -0.05) is 12.2 Å². The van der Waals surface area contributed by atoms with Gasteiger partial charge < -0.3 is 19.3 Å². The number of benzene rings is 1. The number of aliphatic hydroxyl groups is 1. The Balaban J connectivity index is 1.59. The molecular formula is C17H15NO6. The van der Waals surface area contributed by atoms with Crippen molar-refractivity contribution in [1.82, 2.24) is 0 Å². The SMILES string of the molecule is C[C@@]12C=C[C@@](CO)(O1)[C@H]1C(=O)N(c3ccc4c(c3)OCO4)C(=O)[C@H]12. The lowest BCUT2D eigenvalue weighted by Crippen LogP contribution is -2.43. The van der Waals surface area contributed by atoms with Crippen LogP contribution in [-0.4, -0.2) is 41.5 Å². The molecule has 4 heterocycles. The van der Waals surface area contributed by atoms with Crippen molar-refractivity contribution in [3.05, 3.63) is 30.4 Å². The van der Waals surface area contributed by atoms with Gasteiger partial charge in [0, 0.05) is 6.07 Å². The zero-order valence-electron chi connectivity index (χ0n) is 12.9. The molecule has 1 N–H and O–H groups in total. The van der Waals surface area contributed by atoms with Gasteiger partial charge in [0.1, 0.15) is 5.60 Å². The Labute approximate surface area is 137 Å². The molecule has 4 aliphatic heterocycles. The highest BCUT2D eigenvalue weighted by Crippen LogP contribution is 2.57. The fraction of sp³-hybridized carbons (Fsp3) is 0.412. The van der Waals surface area contributed by atoms with E-state index in [1.165, 1.54) is 4.90 Å². The van der Waals surface area contributed by atoms with Gasteiger partial charge in [-0.15, -0.1) is 0 Å². The maximum atomic E-state index is 13.0. The summed E-state index contributed by atoms with van der Waals surface area (Å²) < 4.78 is 16.5. The van der Waals surface area contributed by atoms with Gasteiger partial charge in [0.25, 0.3) is 0 Å². The summed E-state index contributed by atoms with van der Waals surface area (Å²) in [6, 6.07) is 4.97. The van der Waals surface area contributed by atoms with Crippen LogP contribution in [0.3, 0.4) is 0 Å². The maximum absolute atomic E-state index is 13.0. The van der Waals surface area contributed by atoms with Gasteiger partial charge in [-0.05, 0) is 19.1 Å². The predicted octanol–water partition coefficient (Wildman–Crippen LogP) is 0.611. The largest absolute Gasteiger partial charge is 0.454 e. The van der Waals surface area contributed by atoms with Gasteiger partial charge in [0.2, 0.25) is 18.6 Å². The first-order valence-electron chi connectivity index (χ1n) is 7.78. The zero-order valence-corrected chi connectivity index (χ0v) is 12.9. The van der Waals surface area contributed by atoms with E-state index in [1.807, 2.05) is 0 Å². The molecule has 0 aliphatic carbocycles. The van der Waals surface area contributed by atoms with Crippen LogP contribution in [0.4, 0.5) is 5.69 Å². The summed E-state index contributed by atoms with van der Waals surface area (Å²) in [6.45, 7) is 1.56. The molecule has 2 amide bonds. The minimum Gasteiger partial charge on any atom is -0.454 e. The average Bonchev–Trinajstić information content (AvgIpc) is 3.27. The third kappa shape index (κ3) is 1.44. The number of carbonyl (C=O) groups is 2. The number of aliphatic hydroxyl groups excluding tert-OH is 1. The number of fused-ring (bicyclic) bond motifs is 6. The van der Waals surface area contributed by atoms with Gasteiger partial charge in [-0.2, -0.15) is 0 Å². The predicted molar refractivity (Wildman–Crippen MR) is 80.5 cm³/mol. The van der Waals surface area contributed by atoms with E-state index in [2.05, 4.69) is 0 Å². The molecule has 0 spiro atoms. The van der Waals surface area contributed by atoms with E-state index in [-0.39, 0.29) is 25.2 Å². The van der Waals surface area contributed by atoms with E-state index >= 15 is 0 Å². The Hall–Kier alpha value is -2.38. The van der Waals surface area contributed by atoms with Gasteiger partial charge in [0.15, 0.2) is 11.5 Å². The summed E-state index contributed by atoms with van der Waals surface area (Å²) in [5.41, 5.74) is -1.54. The molecule has 2 bridgehead atoms. The summed E-state index contributed by atoms with van der Waals surface area (Å²) in [4.78, 5) is 27.2. The highest BCUT2D eigenvalue weighted by molar-refractivity contribution is 6.23. The normalized spacial score (nSPS) is 38.3. The molecule has 2 fully saturated rings. The van der Waals surface area contributed by atoms with Crippen molar-refractivity contribution < 1.29 is 28.9 Å². The molecular weight excluding hydrogens is 314 g/mol. The second-order valence-corrected chi connectivity index (χ2v) is 6.74. The second-order valence-electron chi connectivity index (χ2n) is 6.74. The van der Waals surface area contributed by atoms with Crippen molar-refractivity contribution in [2.24, 2.45) is 11.8 Å². The number of anilines is 1. The van der Waals surface area contributed by atoms with Crippen LogP contribution < -0.4 is 14.4 Å².